The van der Waals surface area contributed by atoms with Gasteiger partial charge >= 0.3 is 0 Å². The highest BCUT2D eigenvalue weighted by atomic mass is 16.2. The van der Waals surface area contributed by atoms with Crippen molar-refractivity contribution in [2.45, 2.75) is 45.1 Å². The molecule has 1 heterocycles. The van der Waals surface area contributed by atoms with E-state index in [1.165, 1.54) is 16.7 Å². The Morgan fingerprint density at radius 2 is 1.82 bits per heavy atom. The van der Waals surface area contributed by atoms with Crippen molar-refractivity contribution in [1.29, 1.82) is 0 Å². The second-order valence-corrected chi connectivity index (χ2v) is 8.71. The lowest BCUT2D eigenvalue weighted by molar-refractivity contribution is 0.0922. The van der Waals surface area contributed by atoms with Crippen LogP contribution in [-0.2, 0) is 19.3 Å². The smallest absolute Gasteiger partial charge is 0.291 e. The Labute approximate surface area is 194 Å². The summed E-state index contributed by atoms with van der Waals surface area (Å²) in [6.45, 7) is 2.05. The van der Waals surface area contributed by atoms with Crippen LogP contribution < -0.4 is 5.32 Å². The molecule has 0 aliphatic heterocycles. The maximum atomic E-state index is 13.2. The Balaban J connectivity index is 1.42. The number of carbonyl (C=O) groups excluding carboxylic acids is 1. The number of aryl methyl sites for hydroxylation is 4. The number of carbonyl (C=O) groups is 1. The first kappa shape index (κ1) is 21.1. The molecule has 5 nitrogen and oxygen atoms in total. The van der Waals surface area contributed by atoms with Crippen molar-refractivity contribution in [3.8, 4) is 5.69 Å². The third kappa shape index (κ3) is 4.72. The van der Waals surface area contributed by atoms with E-state index in [1.54, 1.807) is 0 Å². The molecule has 5 rings (SSSR count). The van der Waals surface area contributed by atoms with E-state index in [4.69, 9.17) is 4.98 Å². The molecule has 0 radical (unpaired) electrons. The summed E-state index contributed by atoms with van der Waals surface area (Å²) in [6, 6.07) is 26.8. The first-order valence-corrected chi connectivity index (χ1v) is 11.6. The van der Waals surface area contributed by atoms with Gasteiger partial charge in [0.25, 0.3) is 5.91 Å². The highest BCUT2D eigenvalue weighted by molar-refractivity contribution is 5.90. The van der Waals surface area contributed by atoms with Crippen LogP contribution in [0.3, 0.4) is 0 Å². The Bertz CT molecular complexity index is 1260. The average molecular weight is 437 g/mol. The number of aromatic nitrogens is 3. The van der Waals surface area contributed by atoms with Gasteiger partial charge in [0, 0.05) is 6.42 Å². The van der Waals surface area contributed by atoms with Gasteiger partial charge < -0.3 is 5.32 Å². The van der Waals surface area contributed by atoms with Crippen molar-refractivity contribution in [3.05, 3.63) is 113 Å². The second-order valence-electron chi connectivity index (χ2n) is 8.71. The summed E-state index contributed by atoms with van der Waals surface area (Å²) in [5.74, 6) is 0.797. The molecule has 166 valence electrons. The first-order valence-electron chi connectivity index (χ1n) is 11.6. The zero-order valence-corrected chi connectivity index (χ0v) is 18.9. The van der Waals surface area contributed by atoms with Gasteiger partial charge in [-0.3, -0.25) is 4.79 Å². The molecule has 5 heteroatoms. The normalized spacial score (nSPS) is 15.1. The Hall–Kier alpha value is -3.73. The van der Waals surface area contributed by atoms with E-state index in [2.05, 4.69) is 59.8 Å². The van der Waals surface area contributed by atoms with Crippen LogP contribution in [0.1, 0.15) is 57.6 Å². The zero-order valence-electron chi connectivity index (χ0n) is 18.9. The lowest BCUT2D eigenvalue weighted by Gasteiger charge is -2.25. The molecule has 1 aromatic heterocycles. The Kier molecular flexibility index (Phi) is 6.03. The van der Waals surface area contributed by atoms with Crippen molar-refractivity contribution in [2.75, 3.05) is 0 Å². The fourth-order valence-electron chi connectivity index (χ4n) is 4.60. The van der Waals surface area contributed by atoms with E-state index in [1.807, 2.05) is 41.1 Å². The van der Waals surface area contributed by atoms with Gasteiger partial charge in [-0.05, 0) is 67.0 Å². The Morgan fingerprint density at radius 1 is 1.00 bits per heavy atom. The predicted molar refractivity (Wildman–Crippen MR) is 130 cm³/mol. The summed E-state index contributed by atoms with van der Waals surface area (Å²) < 4.78 is 1.82. The zero-order chi connectivity index (χ0) is 22.6. The highest BCUT2D eigenvalue weighted by Gasteiger charge is 2.24. The minimum atomic E-state index is -0.218. The molecule has 33 heavy (non-hydrogen) atoms. The SMILES string of the molecule is Cc1cccc(-n2nc(C(=O)NC3CCCc4ccccc43)nc2CCc2ccccc2)c1. The summed E-state index contributed by atoms with van der Waals surface area (Å²) in [5, 5.41) is 7.84. The van der Waals surface area contributed by atoms with Crippen LogP contribution in [-0.4, -0.2) is 20.7 Å². The predicted octanol–water partition coefficient (Wildman–Crippen LogP) is 5.17. The maximum Gasteiger partial charge on any atom is 0.291 e. The van der Waals surface area contributed by atoms with E-state index in [0.29, 0.717) is 6.42 Å². The van der Waals surface area contributed by atoms with Gasteiger partial charge in [-0.2, -0.15) is 0 Å². The van der Waals surface area contributed by atoms with Gasteiger partial charge in [0.1, 0.15) is 5.82 Å². The van der Waals surface area contributed by atoms with Gasteiger partial charge in [-0.15, -0.1) is 5.10 Å². The van der Waals surface area contributed by atoms with E-state index >= 15 is 0 Å². The van der Waals surface area contributed by atoms with Gasteiger partial charge in [-0.25, -0.2) is 9.67 Å². The molecule has 0 spiro atoms. The summed E-state index contributed by atoms with van der Waals surface area (Å²) in [4.78, 5) is 17.9. The van der Waals surface area contributed by atoms with Crippen LogP contribution in [0, 0.1) is 6.92 Å². The maximum absolute atomic E-state index is 13.2. The molecular formula is C28H28N4O. The lowest BCUT2D eigenvalue weighted by Crippen LogP contribution is -2.31. The molecule has 1 atom stereocenters. The number of fused-ring (bicyclic) bond motifs is 1. The standard InChI is InChI=1S/C28H28N4O/c1-20-9-7-14-23(19-20)32-26(18-17-21-10-3-2-4-11-21)30-27(31-32)28(33)29-25-16-8-13-22-12-5-6-15-24(22)25/h2-7,9-12,14-15,19,25H,8,13,16-18H2,1H3,(H,29,33). The topological polar surface area (TPSA) is 59.8 Å². The molecule has 1 amide bonds. The lowest BCUT2D eigenvalue weighted by atomic mass is 9.88. The van der Waals surface area contributed by atoms with Crippen LogP contribution in [0.15, 0.2) is 78.9 Å². The molecule has 3 aromatic carbocycles. The summed E-state index contributed by atoms with van der Waals surface area (Å²) >= 11 is 0. The molecule has 0 fully saturated rings. The first-order chi connectivity index (χ1) is 16.2. The van der Waals surface area contributed by atoms with Gasteiger partial charge in [0.15, 0.2) is 0 Å². The number of nitrogens with one attached hydrogen (secondary N) is 1. The van der Waals surface area contributed by atoms with Crippen LogP contribution in [0.5, 0.6) is 0 Å². The number of amides is 1. The van der Waals surface area contributed by atoms with Crippen LogP contribution in [0.25, 0.3) is 5.69 Å². The van der Waals surface area contributed by atoms with E-state index in [9.17, 15) is 4.79 Å². The summed E-state index contributed by atoms with van der Waals surface area (Å²) in [5.41, 5.74) is 5.82. The largest absolute Gasteiger partial charge is 0.342 e. The van der Waals surface area contributed by atoms with Crippen molar-refractivity contribution in [1.82, 2.24) is 20.1 Å². The summed E-state index contributed by atoms with van der Waals surface area (Å²) in [7, 11) is 0. The van der Waals surface area contributed by atoms with Crippen molar-refractivity contribution in [3.63, 3.8) is 0 Å². The number of hydrogen-bond donors (Lipinski definition) is 1. The van der Waals surface area contributed by atoms with Crippen LogP contribution >= 0.6 is 0 Å². The van der Waals surface area contributed by atoms with Crippen LogP contribution in [0.4, 0.5) is 0 Å². The molecule has 0 saturated heterocycles. The Morgan fingerprint density at radius 3 is 2.67 bits per heavy atom. The van der Waals surface area contributed by atoms with Gasteiger partial charge in [0.2, 0.25) is 5.82 Å². The minimum absolute atomic E-state index is 0.00105. The number of nitrogens with zero attached hydrogens (tertiary/aromatic N) is 3. The minimum Gasteiger partial charge on any atom is -0.342 e. The number of benzene rings is 3. The monoisotopic (exact) mass is 436 g/mol. The molecule has 1 aliphatic rings. The van der Waals surface area contributed by atoms with Gasteiger partial charge in [0.05, 0.1) is 11.7 Å². The van der Waals surface area contributed by atoms with E-state index in [-0.39, 0.29) is 17.8 Å². The summed E-state index contributed by atoms with van der Waals surface area (Å²) in [6.07, 6.45) is 4.59. The molecule has 1 unspecified atom stereocenters. The van der Waals surface area contributed by atoms with E-state index < -0.39 is 0 Å². The molecule has 0 bridgehead atoms. The number of hydrogen-bond acceptors (Lipinski definition) is 3. The highest BCUT2D eigenvalue weighted by Crippen LogP contribution is 2.29. The molecule has 1 N–H and O–H groups in total. The fraction of sp³-hybridized carbons (Fsp3) is 0.250. The molecule has 1 aliphatic carbocycles. The van der Waals surface area contributed by atoms with Crippen molar-refractivity contribution in [2.24, 2.45) is 0 Å². The fourth-order valence-corrected chi connectivity index (χ4v) is 4.60. The molecule has 0 saturated carbocycles. The van der Waals surface area contributed by atoms with Crippen molar-refractivity contribution >= 4 is 5.91 Å². The van der Waals surface area contributed by atoms with Crippen molar-refractivity contribution < 1.29 is 4.79 Å². The molecular weight excluding hydrogens is 408 g/mol. The average Bonchev–Trinajstić information content (AvgIpc) is 3.28. The second kappa shape index (κ2) is 9.41. The number of rotatable bonds is 6. The third-order valence-corrected chi connectivity index (χ3v) is 6.28. The quantitative estimate of drug-likeness (QED) is 0.454. The van der Waals surface area contributed by atoms with Crippen LogP contribution in [0.2, 0.25) is 0 Å². The third-order valence-electron chi connectivity index (χ3n) is 6.28. The van der Waals surface area contributed by atoms with Gasteiger partial charge in [-0.1, -0.05) is 66.7 Å². The van der Waals surface area contributed by atoms with E-state index in [0.717, 1.165) is 42.8 Å². The molecule has 4 aromatic rings.